The van der Waals surface area contributed by atoms with Gasteiger partial charge in [-0.3, -0.25) is 0 Å². The Balaban J connectivity index is 2.93. The van der Waals surface area contributed by atoms with Crippen LogP contribution in [0.25, 0.3) is 6.08 Å². The summed E-state index contributed by atoms with van der Waals surface area (Å²) in [6.07, 6.45) is 5.05. The van der Waals surface area contributed by atoms with Gasteiger partial charge in [0.1, 0.15) is 6.26 Å². The van der Waals surface area contributed by atoms with Crippen LogP contribution in [0.2, 0.25) is 0 Å². The zero-order valence-electron chi connectivity index (χ0n) is 13.5. The molecule has 1 unspecified atom stereocenters. The highest BCUT2D eigenvalue weighted by Crippen LogP contribution is 2.22. The molecule has 0 saturated carbocycles. The Morgan fingerprint density at radius 1 is 1.15 bits per heavy atom. The standard InChI is InChI=1S/C18H26OS/c1-13(2)11-14(3)16(5)15(4)12-17-7-9-18(10-8-17)20(6)19/h7-10,12-13H,11H2,1-6H3/b15-12+,16-14+. The van der Waals surface area contributed by atoms with E-state index in [0.717, 1.165) is 16.9 Å². The molecule has 1 nitrogen and oxygen atoms in total. The highest BCUT2D eigenvalue weighted by atomic mass is 32.2. The third kappa shape index (κ3) is 5.18. The van der Waals surface area contributed by atoms with Crippen molar-refractivity contribution in [3.8, 4) is 0 Å². The Hall–Kier alpha value is -0.990. The van der Waals surface area contributed by atoms with E-state index in [4.69, 9.17) is 0 Å². The van der Waals surface area contributed by atoms with E-state index in [0.29, 0.717) is 5.92 Å². The number of hydrogen-bond acceptors (Lipinski definition) is 1. The van der Waals surface area contributed by atoms with Gasteiger partial charge in [0.2, 0.25) is 0 Å². The van der Waals surface area contributed by atoms with Crippen LogP contribution in [0.3, 0.4) is 0 Å². The summed E-state index contributed by atoms with van der Waals surface area (Å²) in [7, 11) is 0. The summed E-state index contributed by atoms with van der Waals surface area (Å²) >= 11 is -0.903. The van der Waals surface area contributed by atoms with E-state index in [9.17, 15) is 4.55 Å². The summed E-state index contributed by atoms with van der Waals surface area (Å²) < 4.78 is 11.4. The Morgan fingerprint density at radius 3 is 2.15 bits per heavy atom. The minimum atomic E-state index is -0.903. The highest BCUT2D eigenvalue weighted by Gasteiger charge is 2.04. The normalized spacial score (nSPS) is 15.3. The predicted octanol–water partition coefficient (Wildman–Crippen LogP) is 5.21. The Kier molecular flexibility index (Phi) is 6.57. The van der Waals surface area contributed by atoms with E-state index in [-0.39, 0.29) is 0 Å². The lowest BCUT2D eigenvalue weighted by Gasteiger charge is -2.11. The first-order chi connectivity index (χ1) is 9.31. The van der Waals surface area contributed by atoms with Gasteiger partial charge in [-0.2, -0.15) is 0 Å². The van der Waals surface area contributed by atoms with Crippen molar-refractivity contribution in [2.24, 2.45) is 5.92 Å². The maximum Gasteiger partial charge on any atom is 0.152 e. The SMILES string of the molecule is CC(=C\c1ccc([S+](C)[O-])cc1)/C(C)=C(\C)CC(C)C. The van der Waals surface area contributed by atoms with Crippen LogP contribution in [0.15, 0.2) is 45.9 Å². The average Bonchev–Trinajstić information content (AvgIpc) is 2.37. The monoisotopic (exact) mass is 290 g/mol. The van der Waals surface area contributed by atoms with Gasteiger partial charge in [-0.25, -0.2) is 0 Å². The first-order valence-corrected chi connectivity index (χ1v) is 8.65. The lowest BCUT2D eigenvalue weighted by atomic mass is 9.95. The summed E-state index contributed by atoms with van der Waals surface area (Å²) in [5.41, 5.74) is 5.30. The van der Waals surface area contributed by atoms with Crippen molar-refractivity contribution in [1.82, 2.24) is 0 Å². The lowest BCUT2D eigenvalue weighted by molar-refractivity contribution is 0.601. The highest BCUT2D eigenvalue weighted by molar-refractivity contribution is 7.90. The van der Waals surface area contributed by atoms with Crippen LogP contribution >= 0.6 is 0 Å². The van der Waals surface area contributed by atoms with E-state index >= 15 is 0 Å². The molecule has 110 valence electrons. The fourth-order valence-corrected chi connectivity index (χ4v) is 2.74. The number of allylic oxidation sites excluding steroid dienone is 3. The Labute approximate surface area is 127 Å². The van der Waals surface area contributed by atoms with Crippen LogP contribution < -0.4 is 0 Å². The summed E-state index contributed by atoms with van der Waals surface area (Å²) in [5, 5.41) is 0. The molecule has 1 aromatic carbocycles. The molecule has 0 radical (unpaired) electrons. The van der Waals surface area contributed by atoms with Crippen molar-refractivity contribution >= 4 is 17.3 Å². The maximum absolute atomic E-state index is 11.4. The van der Waals surface area contributed by atoms with Crippen LogP contribution in [-0.4, -0.2) is 10.8 Å². The molecule has 0 aliphatic carbocycles. The molecular formula is C18H26OS. The van der Waals surface area contributed by atoms with Crippen molar-refractivity contribution in [1.29, 1.82) is 0 Å². The fraction of sp³-hybridized carbons (Fsp3) is 0.444. The van der Waals surface area contributed by atoms with E-state index in [1.807, 2.05) is 24.3 Å². The molecule has 0 amide bonds. The van der Waals surface area contributed by atoms with Gasteiger partial charge in [-0.15, -0.1) is 0 Å². The first kappa shape index (κ1) is 17.1. The smallest absolute Gasteiger partial charge is 0.152 e. The zero-order chi connectivity index (χ0) is 15.3. The molecule has 2 heteroatoms. The molecular weight excluding hydrogens is 264 g/mol. The maximum atomic E-state index is 11.4. The van der Waals surface area contributed by atoms with Crippen LogP contribution in [-0.2, 0) is 11.2 Å². The second kappa shape index (κ2) is 7.70. The number of rotatable bonds is 5. The molecule has 0 saturated heterocycles. The quantitative estimate of drug-likeness (QED) is 0.539. The predicted molar refractivity (Wildman–Crippen MR) is 90.3 cm³/mol. The van der Waals surface area contributed by atoms with Crippen LogP contribution in [0.1, 0.15) is 46.6 Å². The van der Waals surface area contributed by atoms with Gasteiger partial charge in [0.15, 0.2) is 4.90 Å². The lowest BCUT2D eigenvalue weighted by Crippen LogP contribution is -1.96. The van der Waals surface area contributed by atoms with Gasteiger partial charge in [0.05, 0.1) is 0 Å². The third-order valence-corrected chi connectivity index (χ3v) is 4.48. The molecule has 0 heterocycles. The number of benzene rings is 1. The van der Waals surface area contributed by atoms with Gasteiger partial charge in [-0.1, -0.05) is 25.5 Å². The van der Waals surface area contributed by atoms with Crippen molar-refractivity contribution in [2.45, 2.75) is 45.9 Å². The molecule has 0 N–H and O–H groups in total. The van der Waals surface area contributed by atoms with Crippen LogP contribution in [0.5, 0.6) is 0 Å². The topological polar surface area (TPSA) is 23.1 Å². The minimum Gasteiger partial charge on any atom is -0.612 e. The molecule has 0 aromatic heterocycles. The minimum absolute atomic E-state index is 0.691. The molecule has 0 spiro atoms. The molecule has 20 heavy (non-hydrogen) atoms. The molecule has 1 rings (SSSR count). The van der Waals surface area contributed by atoms with Gasteiger partial charge < -0.3 is 4.55 Å². The second-order valence-electron chi connectivity index (χ2n) is 5.85. The summed E-state index contributed by atoms with van der Waals surface area (Å²) in [4.78, 5) is 0.878. The first-order valence-electron chi connectivity index (χ1n) is 7.09. The average molecular weight is 290 g/mol. The zero-order valence-corrected chi connectivity index (χ0v) is 14.3. The molecule has 0 aliphatic rings. The van der Waals surface area contributed by atoms with E-state index in [1.54, 1.807) is 6.26 Å². The van der Waals surface area contributed by atoms with E-state index < -0.39 is 11.2 Å². The molecule has 1 aromatic rings. The van der Waals surface area contributed by atoms with Crippen molar-refractivity contribution in [3.63, 3.8) is 0 Å². The third-order valence-electron chi connectivity index (χ3n) is 3.54. The van der Waals surface area contributed by atoms with E-state index in [2.05, 4.69) is 40.7 Å². The van der Waals surface area contributed by atoms with Gasteiger partial charge in [0.25, 0.3) is 0 Å². The second-order valence-corrected chi connectivity index (χ2v) is 7.23. The van der Waals surface area contributed by atoms with Crippen LogP contribution in [0, 0.1) is 5.92 Å². The summed E-state index contributed by atoms with van der Waals surface area (Å²) in [5.74, 6) is 0.691. The van der Waals surface area contributed by atoms with Crippen molar-refractivity contribution in [2.75, 3.05) is 6.26 Å². The Bertz CT molecular complexity index is 493. The summed E-state index contributed by atoms with van der Waals surface area (Å²) in [6.45, 7) is 11.1. The van der Waals surface area contributed by atoms with Gasteiger partial charge in [-0.05, 0) is 85.3 Å². The van der Waals surface area contributed by atoms with Crippen molar-refractivity contribution < 1.29 is 4.55 Å². The molecule has 0 aliphatic heterocycles. The van der Waals surface area contributed by atoms with Crippen LogP contribution in [0.4, 0.5) is 0 Å². The Morgan fingerprint density at radius 2 is 1.70 bits per heavy atom. The van der Waals surface area contributed by atoms with Gasteiger partial charge >= 0.3 is 0 Å². The van der Waals surface area contributed by atoms with Crippen molar-refractivity contribution in [3.05, 3.63) is 46.5 Å². The van der Waals surface area contributed by atoms with Gasteiger partial charge in [0, 0.05) is 0 Å². The largest absolute Gasteiger partial charge is 0.612 e. The molecule has 0 bridgehead atoms. The molecule has 1 atom stereocenters. The van der Waals surface area contributed by atoms with E-state index in [1.165, 1.54) is 16.7 Å². The fourth-order valence-electron chi connectivity index (χ4n) is 2.22. The number of hydrogen-bond donors (Lipinski definition) is 0. The summed E-state index contributed by atoms with van der Waals surface area (Å²) in [6, 6.07) is 7.95. The molecule has 0 fully saturated rings.